The molecule has 0 bridgehead atoms. The number of benzene rings is 1. The van der Waals surface area contributed by atoms with E-state index in [-0.39, 0.29) is 18.2 Å². The third-order valence-corrected chi connectivity index (χ3v) is 6.30. The van der Waals surface area contributed by atoms with E-state index in [0.29, 0.717) is 37.7 Å². The summed E-state index contributed by atoms with van der Waals surface area (Å²) in [5, 5.41) is 2.67. The molecule has 0 saturated carbocycles. The molecule has 9 heteroatoms. The standard InChI is InChI=1S/C18H23N5O3S/c1-15-3-5-16(6-4-15)17(24)19-9-14-27(25,26)23-12-10-22(11-13-23)18-20-7-2-8-21-18/h2-8H,9-14H2,1H3,(H,19,24). The van der Waals surface area contributed by atoms with Gasteiger partial charge in [0.15, 0.2) is 0 Å². The lowest BCUT2D eigenvalue weighted by Crippen LogP contribution is -2.50. The van der Waals surface area contributed by atoms with Crippen molar-refractivity contribution in [2.45, 2.75) is 6.92 Å². The van der Waals surface area contributed by atoms with E-state index in [1.807, 2.05) is 24.0 Å². The summed E-state index contributed by atoms with van der Waals surface area (Å²) in [6.07, 6.45) is 3.34. The lowest BCUT2D eigenvalue weighted by molar-refractivity contribution is 0.0956. The Labute approximate surface area is 159 Å². The van der Waals surface area contributed by atoms with Crippen LogP contribution >= 0.6 is 0 Å². The first-order valence-corrected chi connectivity index (χ1v) is 10.4. The average Bonchev–Trinajstić information content (AvgIpc) is 2.69. The largest absolute Gasteiger partial charge is 0.351 e. The number of hydrogen-bond acceptors (Lipinski definition) is 6. The maximum atomic E-state index is 12.5. The van der Waals surface area contributed by atoms with Gasteiger partial charge in [-0.15, -0.1) is 0 Å². The molecule has 1 saturated heterocycles. The van der Waals surface area contributed by atoms with Gasteiger partial charge in [-0.3, -0.25) is 4.79 Å². The molecule has 0 atom stereocenters. The van der Waals surface area contributed by atoms with Gasteiger partial charge in [0.1, 0.15) is 0 Å². The quantitative estimate of drug-likeness (QED) is 0.780. The molecule has 1 aromatic carbocycles. The predicted molar refractivity (Wildman–Crippen MR) is 103 cm³/mol. The van der Waals surface area contributed by atoms with Gasteiger partial charge in [-0.1, -0.05) is 17.7 Å². The number of nitrogens with zero attached hydrogens (tertiary/aromatic N) is 4. The fourth-order valence-electron chi connectivity index (χ4n) is 2.85. The lowest BCUT2D eigenvalue weighted by atomic mass is 10.1. The minimum Gasteiger partial charge on any atom is -0.351 e. The molecule has 1 N–H and O–H groups in total. The van der Waals surface area contributed by atoms with Crippen molar-refractivity contribution in [3.8, 4) is 0 Å². The normalized spacial score (nSPS) is 15.5. The van der Waals surface area contributed by atoms with Gasteiger partial charge in [-0.05, 0) is 25.1 Å². The Kier molecular flexibility index (Phi) is 6.02. The number of piperazine rings is 1. The first kappa shape index (κ1) is 19.2. The third kappa shape index (κ3) is 5.01. The fraction of sp³-hybridized carbons (Fsp3) is 0.389. The monoisotopic (exact) mass is 389 g/mol. The number of rotatable bonds is 6. The summed E-state index contributed by atoms with van der Waals surface area (Å²) >= 11 is 0. The molecular formula is C18H23N5O3S. The Morgan fingerprint density at radius 3 is 2.33 bits per heavy atom. The molecule has 8 nitrogen and oxygen atoms in total. The Morgan fingerprint density at radius 1 is 1.07 bits per heavy atom. The van der Waals surface area contributed by atoms with Gasteiger partial charge in [0.2, 0.25) is 16.0 Å². The smallest absolute Gasteiger partial charge is 0.251 e. The van der Waals surface area contributed by atoms with Gasteiger partial charge >= 0.3 is 0 Å². The van der Waals surface area contributed by atoms with Crippen molar-refractivity contribution in [1.29, 1.82) is 0 Å². The van der Waals surface area contributed by atoms with Crippen molar-refractivity contribution in [2.75, 3.05) is 43.4 Å². The molecule has 144 valence electrons. The SMILES string of the molecule is Cc1ccc(C(=O)NCCS(=O)(=O)N2CCN(c3ncccn3)CC2)cc1. The van der Waals surface area contributed by atoms with E-state index in [1.54, 1.807) is 30.6 Å². The highest BCUT2D eigenvalue weighted by Crippen LogP contribution is 2.12. The summed E-state index contributed by atoms with van der Waals surface area (Å²) in [5.74, 6) is 0.225. The van der Waals surface area contributed by atoms with Crippen LogP contribution in [0.5, 0.6) is 0 Å². The van der Waals surface area contributed by atoms with Crippen LogP contribution in [0.25, 0.3) is 0 Å². The predicted octanol–water partition coefficient (Wildman–Crippen LogP) is 0.667. The summed E-state index contributed by atoms with van der Waals surface area (Å²) < 4.78 is 26.5. The molecule has 2 heterocycles. The number of hydrogen-bond donors (Lipinski definition) is 1. The molecule has 1 aliphatic heterocycles. The van der Waals surface area contributed by atoms with E-state index in [9.17, 15) is 13.2 Å². The van der Waals surface area contributed by atoms with Crippen LogP contribution in [-0.2, 0) is 10.0 Å². The Hall–Kier alpha value is -2.52. The van der Waals surface area contributed by atoms with Gasteiger partial charge in [0, 0.05) is 50.7 Å². The lowest BCUT2D eigenvalue weighted by Gasteiger charge is -2.33. The van der Waals surface area contributed by atoms with Gasteiger partial charge < -0.3 is 10.2 Å². The summed E-state index contributed by atoms with van der Waals surface area (Å²) in [7, 11) is -3.42. The second-order valence-electron chi connectivity index (χ2n) is 6.37. The van der Waals surface area contributed by atoms with Crippen LogP contribution in [0.4, 0.5) is 5.95 Å². The zero-order valence-corrected chi connectivity index (χ0v) is 16.0. The highest BCUT2D eigenvalue weighted by atomic mass is 32.2. The number of nitrogens with one attached hydrogen (secondary N) is 1. The molecular weight excluding hydrogens is 366 g/mol. The van der Waals surface area contributed by atoms with Crippen molar-refractivity contribution >= 4 is 21.9 Å². The molecule has 1 fully saturated rings. The number of aromatic nitrogens is 2. The maximum Gasteiger partial charge on any atom is 0.251 e. The number of aryl methyl sites for hydroxylation is 1. The van der Waals surface area contributed by atoms with Crippen molar-refractivity contribution in [2.24, 2.45) is 0 Å². The fourth-order valence-corrected chi connectivity index (χ4v) is 4.19. The first-order valence-electron chi connectivity index (χ1n) is 8.80. The minimum absolute atomic E-state index is 0.0804. The van der Waals surface area contributed by atoms with Gasteiger partial charge in [0.05, 0.1) is 5.75 Å². The highest BCUT2D eigenvalue weighted by Gasteiger charge is 2.27. The van der Waals surface area contributed by atoms with Gasteiger partial charge in [0.25, 0.3) is 5.91 Å². The molecule has 0 unspecified atom stereocenters. The number of carbonyl (C=O) groups excluding carboxylic acids is 1. The summed E-state index contributed by atoms with van der Waals surface area (Å²) in [6.45, 7) is 3.87. The zero-order valence-electron chi connectivity index (χ0n) is 15.2. The van der Waals surface area contributed by atoms with Crippen LogP contribution < -0.4 is 10.2 Å². The summed E-state index contributed by atoms with van der Waals surface area (Å²) in [6, 6.07) is 8.90. The van der Waals surface area contributed by atoms with Crippen LogP contribution in [-0.4, -0.2) is 67.1 Å². The van der Waals surface area contributed by atoms with Crippen LogP contribution in [0.15, 0.2) is 42.7 Å². The minimum atomic E-state index is -3.42. The number of carbonyl (C=O) groups is 1. The van der Waals surface area contributed by atoms with Gasteiger partial charge in [-0.25, -0.2) is 18.4 Å². The van der Waals surface area contributed by atoms with E-state index >= 15 is 0 Å². The van der Waals surface area contributed by atoms with Crippen molar-refractivity contribution in [3.05, 3.63) is 53.9 Å². The summed E-state index contributed by atoms with van der Waals surface area (Å²) in [5.41, 5.74) is 1.59. The third-order valence-electron chi connectivity index (χ3n) is 4.43. The molecule has 3 rings (SSSR count). The van der Waals surface area contributed by atoms with Crippen LogP contribution in [0.2, 0.25) is 0 Å². The number of sulfonamides is 1. The van der Waals surface area contributed by atoms with Crippen molar-refractivity contribution < 1.29 is 13.2 Å². The maximum absolute atomic E-state index is 12.5. The second kappa shape index (κ2) is 8.45. The molecule has 0 radical (unpaired) electrons. The molecule has 0 spiro atoms. The molecule has 0 aliphatic carbocycles. The number of anilines is 1. The summed E-state index contributed by atoms with van der Waals surface area (Å²) in [4.78, 5) is 22.4. The second-order valence-corrected chi connectivity index (χ2v) is 8.46. The Bertz CT molecular complexity index is 864. The van der Waals surface area contributed by atoms with E-state index in [2.05, 4.69) is 15.3 Å². The molecule has 1 aliphatic rings. The topological polar surface area (TPSA) is 95.5 Å². The first-order chi connectivity index (χ1) is 13.0. The average molecular weight is 389 g/mol. The Morgan fingerprint density at radius 2 is 1.70 bits per heavy atom. The van der Waals surface area contributed by atoms with Crippen LogP contribution in [0.1, 0.15) is 15.9 Å². The van der Waals surface area contributed by atoms with E-state index in [4.69, 9.17) is 0 Å². The highest BCUT2D eigenvalue weighted by molar-refractivity contribution is 7.89. The van der Waals surface area contributed by atoms with E-state index in [1.165, 1.54) is 4.31 Å². The van der Waals surface area contributed by atoms with Crippen LogP contribution in [0.3, 0.4) is 0 Å². The van der Waals surface area contributed by atoms with Crippen LogP contribution in [0, 0.1) is 6.92 Å². The van der Waals surface area contributed by atoms with E-state index < -0.39 is 10.0 Å². The Balaban J connectivity index is 1.47. The van der Waals surface area contributed by atoms with Crippen molar-refractivity contribution in [1.82, 2.24) is 19.6 Å². The molecule has 27 heavy (non-hydrogen) atoms. The van der Waals surface area contributed by atoms with Gasteiger partial charge in [-0.2, -0.15) is 4.31 Å². The van der Waals surface area contributed by atoms with E-state index in [0.717, 1.165) is 5.56 Å². The molecule has 1 amide bonds. The molecule has 2 aromatic rings. The zero-order chi connectivity index (χ0) is 19.3. The molecule has 1 aromatic heterocycles. The van der Waals surface area contributed by atoms with Crippen molar-refractivity contribution in [3.63, 3.8) is 0 Å². The number of amides is 1.